The van der Waals surface area contributed by atoms with Crippen molar-refractivity contribution in [2.24, 2.45) is 0 Å². The maximum absolute atomic E-state index is 12.4. The van der Waals surface area contributed by atoms with E-state index in [1.165, 1.54) is 7.11 Å². The summed E-state index contributed by atoms with van der Waals surface area (Å²) in [6, 6.07) is 3.71. The highest BCUT2D eigenvalue weighted by molar-refractivity contribution is 7.89. The summed E-state index contributed by atoms with van der Waals surface area (Å²) < 4.78 is 30.8. The molecule has 0 heterocycles. The van der Waals surface area contributed by atoms with Crippen LogP contribution in [-0.2, 0) is 10.0 Å². The largest absolute Gasteiger partial charge is 0.489 e. The monoisotopic (exact) mass is 313 g/mol. The number of hydrogen-bond acceptors (Lipinski definition) is 6. The van der Waals surface area contributed by atoms with Crippen molar-refractivity contribution in [3.63, 3.8) is 0 Å². The quantitative estimate of drug-likeness (QED) is 0.581. The smallest absolute Gasteiger partial charge is 0.313 e. The molecule has 114 valence electrons. The van der Waals surface area contributed by atoms with E-state index in [0.717, 1.165) is 16.4 Å². The lowest BCUT2D eigenvalue weighted by Gasteiger charge is -2.18. The van der Waals surface area contributed by atoms with E-state index in [1.54, 1.807) is 19.9 Å². The van der Waals surface area contributed by atoms with E-state index >= 15 is 0 Å². The summed E-state index contributed by atoms with van der Waals surface area (Å²) in [5, 5.41) is 20.1. The van der Waals surface area contributed by atoms with E-state index in [2.05, 4.69) is 0 Å². The molecule has 0 spiro atoms. The van der Waals surface area contributed by atoms with Gasteiger partial charge in [0.25, 0.3) is 0 Å². The van der Waals surface area contributed by atoms with E-state index in [-0.39, 0.29) is 29.3 Å². The molecule has 0 aliphatic rings. The predicted molar refractivity (Wildman–Crippen MR) is 74.5 cm³/mol. The van der Waals surface area contributed by atoms with Crippen LogP contribution in [0.5, 0.6) is 5.75 Å². The summed E-state index contributed by atoms with van der Waals surface area (Å²) in [6.45, 7) is 3.76. The molecule has 21 heavy (non-hydrogen) atoms. The number of hydrogen-bond donors (Lipinski definition) is 0. The van der Waals surface area contributed by atoms with Crippen molar-refractivity contribution in [2.45, 2.75) is 18.7 Å². The van der Waals surface area contributed by atoms with Crippen LogP contribution in [-0.4, -0.2) is 37.8 Å². The van der Waals surface area contributed by atoms with Crippen LogP contribution in [0.3, 0.4) is 0 Å². The zero-order valence-electron chi connectivity index (χ0n) is 11.9. The lowest BCUT2D eigenvalue weighted by molar-refractivity contribution is -0.386. The third kappa shape index (κ3) is 3.12. The topological polar surface area (TPSA) is 114 Å². The summed E-state index contributed by atoms with van der Waals surface area (Å²) in [6.07, 6.45) is 0. The van der Waals surface area contributed by atoms with Crippen LogP contribution < -0.4 is 4.74 Å². The van der Waals surface area contributed by atoms with Crippen molar-refractivity contribution < 1.29 is 18.1 Å². The fourth-order valence-corrected chi connectivity index (χ4v) is 3.39. The molecule has 1 aromatic rings. The van der Waals surface area contributed by atoms with Gasteiger partial charge in [-0.05, 0) is 6.07 Å². The van der Waals surface area contributed by atoms with Crippen molar-refractivity contribution in [2.75, 3.05) is 20.2 Å². The molecule has 0 saturated heterocycles. The first-order valence-corrected chi connectivity index (χ1v) is 7.54. The Kier molecular flexibility index (Phi) is 5.23. The minimum absolute atomic E-state index is 0.197. The SMILES string of the molecule is CCN(CC)S(=O)(=O)c1cc(C#N)c(OC)c([N+](=O)[O-])c1. The second kappa shape index (κ2) is 6.51. The maximum Gasteiger partial charge on any atom is 0.313 e. The van der Waals surface area contributed by atoms with Crippen molar-refractivity contribution in [1.82, 2.24) is 4.31 Å². The van der Waals surface area contributed by atoms with Gasteiger partial charge in [-0.25, -0.2) is 8.42 Å². The fraction of sp³-hybridized carbons (Fsp3) is 0.417. The van der Waals surface area contributed by atoms with Crippen LogP contribution >= 0.6 is 0 Å². The van der Waals surface area contributed by atoms with Crippen molar-refractivity contribution in [3.8, 4) is 11.8 Å². The Hall–Kier alpha value is -2.18. The van der Waals surface area contributed by atoms with Gasteiger partial charge in [-0.2, -0.15) is 9.57 Å². The van der Waals surface area contributed by atoms with Gasteiger partial charge in [0.05, 0.1) is 16.9 Å². The van der Waals surface area contributed by atoms with Gasteiger partial charge in [-0.1, -0.05) is 13.8 Å². The summed E-state index contributed by atoms with van der Waals surface area (Å²) in [4.78, 5) is 9.97. The second-order valence-corrected chi connectivity index (χ2v) is 5.92. The van der Waals surface area contributed by atoms with Crippen molar-refractivity contribution in [3.05, 3.63) is 27.8 Å². The summed E-state index contributed by atoms with van der Waals surface area (Å²) in [5.74, 6) is -0.249. The van der Waals surface area contributed by atoms with E-state index < -0.39 is 20.6 Å². The molecule has 0 radical (unpaired) electrons. The number of ether oxygens (including phenoxy) is 1. The molecule has 0 aromatic heterocycles. The molecule has 8 nitrogen and oxygen atoms in total. The van der Waals surface area contributed by atoms with Crippen LogP contribution in [0.1, 0.15) is 19.4 Å². The second-order valence-electron chi connectivity index (χ2n) is 3.98. The average molecular weight is 313 g/mol. The minimum atomic E-state index is -3.89. The maximum atomic E-state index is 12.4. The lowest BCUT2D eigenvalue weighted by Crippen LogP contribution is -2.30. The molecule has 0 atom stereocenters. The molecule has 0 bridgehead atoms. The molecule has 0 unspecified atom stereocenters. The molecule has 1 rings (SSSR count). The van der Waals surface area contributed by atoms with Gasteiger partial charge in [0.1, 0.15) is 11.6 Å². The van der Waals surface area contributed by atoms with Gasteiger partial charge >= 0.3 is 5.69 Å². The van der Waals surface area contributed by atoms with E-state index in [0.29, 0.717) is 0 Å². The Morgan fingerprint density at radius 3 is 2.33 bits per heavy atom. The zero-order valence-corrected chi connectivity index (χ0v) is 12.7. The number of methoxy groups -OCH3 is 1. The first kappa shape index (κ1) is 16.9. The van der Waals surface area contributed by atoms with Gasteiger partial charge in [-0.15, -0.1) is 0 Å². The summed E-state index contributed by atoms with van der Waals surface area (Å²) >= 11 is 0. The van der Waals surface area contributed by atoms with E-state index in [4.69, 9.17) is 10.00 Å². The van der Waals surface area contributed by atoms with Gasteiger partial charge in [-0.3, -0.25) is 10.1 Å². The number of benzene rings is 1. The third-order valence-corrected chi connectivity index (χ3v) is 4.93. The Bertz CT molecular complexity index is 690. The molecule has 0 amide bonds. The number of rotatable bonds is 6. The van der Waals surface area contributed by atoms with Gasteiger partial charge < -0.3 is 4.74 Å². The number of nitro benzene ring substituents is 1. The highest BCUT2D eigenvalue weighted by atomic mass is 32.2. The third-order valence-electron chi connectivity index (χ3n) is 2.91. The first-order chi connectivity index (χ1) is 9.83. The number of sulfonamides is 1. The van der Waals surface area contributed by atoms with Gasteiger partial charge in [0, 0.05) is 19.2 Å². The highest BCUT2D eigenvalue weighted by Crippen LogP contribution is 2.34. The molecule has 9 heteroatoms. The predicted octanol–water partition coefficient (Wildman–Crippen LogP) is 1.51. The van der Waals surface area contributed by atoms with Crippen molar-refractivity contribution in [1.29, 1.82) is 5.26 Å². The van der Waals surface area contributed by atoms with Crippen LogP contribution in [0.25, 0.3) is 0 Å². The molecule has 0 fully saturated rings. The van der Waals surface area contributed by atoms with Gasteiger partial charge in [0.15, 0.2) is 0 Å². The molecular formula is C12H15N3O5S. The molecular weight excluding hydrogens is 298 g/mol. The van der Waals surface area contributed by atoms with Crippen LogP contribution in [0.4, 0.5) is 5.69 Å². The molecule has 0 aliphatic heterocycles. The highest BCUT2D eigenvalue weighted by Gasteiger charge is 2.28. The Balaban J connectivity index is 3.64. The normalized spacial score (nSPS) is 11.2. The Labute approximate surface area is 122 Å². The zero-order chi connectivity index (χ0) is 16.2. The fourth-order valence-electron chi connectivity index (χ4n) is 1.88. The number of nitrogens with zero attached hydrogens (tertiary/aromatic N) is 3. The number of nitro groups is 1. The minimum Gasteiger partial charge on any atom is -0.489 e. The standard InChI is InChI=1S/C12H15N3O5S/c1-4-14(5-2)21(18,19)10-6-9(8-13)12(20-3)11(7-10)15(16)17/h6-7H,4-5H2,1-3H3. The van der Waals surface area contributed by atoms with Gasteiger partial charge in [0.2, 0.25) is 15.8 Å². The van der Waals surface area contributed by atoms with E-state index in [9.17, 15) is 18.5 Å². The Morgan fingerprint density at radius 2 is 1.95 bits per heavy atom. The lowest BCUT2D eigenvalue weighted by atomic mass is 10.2. The van der Waals surface area contributed by atoms with E-state index in [1.807, 2.05) is 0 Å². The van der Waals surface area contributed by atoms with Crippen molar-refractivity contribution >= 4 is 15.7 Å². The Morgan fingerprint density at radius 1 is 1.38 bits per heavy atom. The number of nitriles is 1. The first-order valence-electron chi connectivity index (χ1n) is 6.10. The molecule has 0 saturated carbocycles. The summed E-state index contributed by atoms with van der Waals surface area (Å²) in [5.41, 5.74) is -0.750. The van der Waals surface area contributed by atoms with Crippen LogP contribution in [0.15, 0.2) is 17.0 Å². The molecule has 0 aliphatic carbocycles. The average Bonchev–Trinajstić information content (AvgIpc) is 2.46. The summed E-state index contributed by atoms with van der Waals surface area (Å²) in [7, 11) is -2.71. The van der Waals surface area contributed by atoms with Crippen LogP contribution in [0, 0.1) is 21.4 Å². The van der Waals surface area contributed by atoms with Crippen LogP contribution in [0.2, 0.25) is 0 Å². The molecule has 1 aromatic carbocycles. The molecule has 0 N–H and O–H groups in total.